The van der Waals surface area contributed by atoms with Gasteiger partial charge < -0.3 is 11.1 Å². The number of amides is 1. The number of hydrogen-bond acceptors (Lipinski definition) is 2. The van der Waals surface area contributed by atoms with E-state index < -0.39 is 0 Å². The van der Waals surface area contributed by atoms with Crippen LogP contribution in [0.25, 0.3) is 0 Å². The summed E-state index contributed by atoms with van der Waals surface area (Å²) in [7, 11) is 3.39. The Balaban J connectivity index is 3.19. The largest absolute Gasteiger partial charge is 0.359 e. The van der Waals surface area contributed by atoms with Crippen molar-refractivity contribution in [3.8, 4) is 0 Å². The zero-order valence-electron chi connectivity index (χ0n) is 7.47. The van der Waals surface area contributed by atoms with Crippen molar-refractivity contribution in [2.24, 2.45) is 5.73 Å². The van der Waals surface area contributed by atoms with Crippen LogP contribution in [0.3, 0.4) is 0 Å². The lowest BCUT2D eigenvalue weighted by molar-refractivity contribution is -0.109. The molecule has 0 aromatic carbocycles. The van der Waals surface area contributed by atoms with E-state index in [1.807, 2.05) is 6.92 Å². The molecule has 3 N–H and O–H groups in total. The summed E-state index contributed by atoms with van der Waals surface area (Å²) in [5.74, 6) is 0. The van der Waals surface area contributed by atoms with E-state index in [1.54, 1.807) is 0 Å². The Morgan fingerprint density at radius 1 is 1.67 bits per heavy atom. The summed E-state index contributed by atoms with van der Waals surface area (Å²) >= 11 is 0. The summed E-state index contributed by atoms with van der Waals surface area (Å²) in [5.41, 5.74) is 5.76. The Bertz CT molecular complexity index is 150. The highest BCUT2D eigenvalue weighted by Gasteiger charge is 2.01. The normalized spacial score (nSPS) is 12.2. The van der Waals surface area contributed by atoms with Gasteiger partial charge in [0.1, 0.15) is 0 Å². The molecule has 3 nitrogen and oxygen atoms in total. The fourth-order valence-corrected chi connectivity index (χ4v) is 1.01. The Kier molecular flexibility index (Phi) is 7.02. The average Bonchev–Trinajstić information content (AvgIpc) is 2.03. The van der Waals surface area contributed by atoms with Crippen molar-refractivity contribution in [3.63, 3.8) is 0 Å². The fourth-order valence-electron chi connectivity index (χ4n) is 0.867. The van der Waals surface area contributed by atoms with Gasteiger partial charge in [0.2, 0.25) is 6.41 Å². The minimum atomic E-state index is 0.137. The lowest BCUT2D eigenvalue weighted by atomic mass is 10.1. The molecule has 0 heterocycles. The van der Waals surface area contributed by atoms with E-state index in [0.29, 0.717) is 0 Å². The Morgan fingerprint density at radius 2 is 2.33 bits per heavy atom. The second kappa shape index (κ2) is 7.26. The molecule has 0 bridgehead atoms. The van der Waals surface area contributed by atoms with E-state index in [9.17, 15) is 4.79 Å². The molecule has 0 spiro atoms. The summed E-state index contributed by atoms with van der Waals surface area (Å²) in [6.07, 6.45) is 3.73. The Labute approximate surface area is 75.9 Å². The first-order valence-corrected chi connectivity index (χ1v) is 4.66. The smallest absolute Gasteiger partial charge is 0.207 e. The van der Waals surface area contributed by atoms with Gasteiger partial charge in [-0.2, -0.15) is 0 Å². The van der Waals surface area contributed by atoms with Crippen molar-refractivity contribution in [2.45, 2.75) is 32.2 Å². The quantitative estimate of drug-likeness (QED) is 0.348. The molecule has 0 rings (SSSR count). The van der Waals surface area contributed by atoms with Crippen LogP contribution in [-0.4, -0.2) is 24.3 Å². The zero-order chi connectivity index (χ0) is 9.40. The van der Waals surface area contributed by atoms with Gasteiger partial charge in [0.15, 0.2) is 0 Å². The summed E-state index contributed by atoms with van der Waals surface area (Å²) in [6, 6.07) is 0.137. The van der Waals surface area contributed by atoms with Gasteiger partial charge in [-0.15, -0.1) is 8.86 Å². The second-order valence-electron chi connectivity index (χ2n) is 2.86. The van der Waals surface area contributed by atoms with Gasteiger partial charge >= 0.3 is 0 Å². The van der Waals surface area contributed by atoms with E-state index in [2.05, 4.69) is 14.2 Å². The first-order valence-electron chi connectivity index (χ1n) is 4.16. The van der Waals surface area contributed by atoms with Gasteiger partial charge in [0.25, 0.3) is 0 Å². The molecule has 1 amide bonds. The maximum atomic E-state index is 9.86. The van der Waals surface area contributed by atoms with Crippen molar-refractivity contribution in [1.82, 2.24) is 5.32 Å². The standard InChI is InChI=1S/C8H17N2OP/c1-7(12)8(9)4-2-3-5-10-6-11/h6,8,12H,2-5,9H2,1H3,(H,10,11). The van der Waals surface area contributed by atoms with E-state index in [4.69, 9.17) is 5.73 Å². The summed E-state index contributed by atoms with van der Waals surface area (Å²) < 4.78 is 0. The van der Waals surface area contributed by atoms with Crippen LogP contribution in [0.4, 0.5) is 0 Å². The third-order valence-electron chi connectivity index (χ3n) is 1.73. The van der Waals surface area contributed by atoms with Crippen LogP contribution in [0.1, 0.15) is 26.2 Å². The van der Waals surface area contributed by atoms with E-state index in [-0.39, 0.29) is 6.04 Å². The van der Waals surface area contributed by atoms with Gasteiger partial charge in [-0.3, -0.25) is 4.79 Å². The third kappa shape index (κ3) is 6.32. The van der Waals surface area contributed by atoms with Crippen molar-refractivity contribution < 1.29 is 4.79 Å². The minimum Gasteiger partial charge on any atom is -0.359 e. The molecule has 1 atom stereocenters. The summed E-state index contributed by atoms with van der Waals surface area (Å²) in [4.78, 5) is 9.86. The topological polar surface area (TPSA) is 55.1 Å². The number of unbranched alkanes of at least 4 members (excludes halogenated alkanes) is 1. The van der Waals surface area contributed by atoms with Crippen molar-refractivity contribution in [3.05, 3.63) is 0 Å². The van der Waals surface area contributed by atoms with Crippen molar-refractivity contribution in [2.75, 3.05) is 6.54 Å². The lowest BCUT2D eigenvalue weighted by Gasteiger charge is -2.09. The van der Waals surface area contributed by atoms with Crippen LogP contribution >= 0.6 is 8.86 Å². The van der Waals surface area contributed by atoms with Crippen molar-refractivity contribution in [1.29, 1.82) is 0 Å². The maximum absolute atomic E-state index is 9.86. The van der Waals surface area contributed by atoms with Crippen LogP contribution in [0, 0.1) is 0 Å². The first-order chi connectivity index (χ1) is 5.68. The molecular formula is C8H17N2OP. The van der Waals surface area contributed by atoms with Crippen LogP contribution in [-0.2, 0) is 4.79 Å². The number of nitrogens with one attached hydrogen (secondary N) is 1. The highest BCUT2D eigenvalue weighted by molar-refractivity contribution is 7.21. The lowest BCUT2D eigenvalue weighted by Crippen LogP contribution is -2.26. The number of hydrogen-bond donors (Lipinski definition) is 2. The maximum Gasteiger partial charge on any atom is 0.207 e. The van der Waals surface area contributed by atoms with Crippen LogP contribution in [0.2, 0.25) is 0 Å². The molecule has 1 unspecified atom stereocenters. The van der Waals surface area contributed by atoms with E-state index in [1.165, 1.54) is 0 Å². The number of carbonyl (C=O) groups excluding carboxylic acids is 1. The molecule has 4 heteroatoms. The number of nitrogens with two attached hydrogens (primary N) is 1. The zero-order valence-corrected chi connectivity index (χ0v) is 8.47. The molecule has 0 saturated carbocycles. The Hall–Kier alpha value is -0.400. The van der Waals surface area contributed by atoms with Gasteiger partial charge in [-0.25, -0.2) is 0 Å². The van der Waals surface area contributed by atoms with Gasteiger partial charge in [0.05, 0.1) is 0 Å². The number of rotatable bonds is 7. The molecule has 0 aliphatic rings. The monoisotopic (exact) mass is 188 g/mol. The molecule has 70 valence electrons. The van der Waals surface area contributed by atoms with Crippen LogP contribution in [0.5, 0.6) is 0 Å². The van der Waals surface area contributed by atoms with Gasteiger partial charge in [0, 0.05) is 12.6 Å². The SMILES string of the molecule is CC(=P)C(N)CCCCNC=O. The van der Waals surface area contributed by atoms with Crippen LogP contribution in [0.15, 0.2) is 0 Å². The molecule has 0 fully saturated rings. The van der Waals surface area contributed by atoms with Crippen molar-refractivity contribution >= 4 is 20.6 Å². The number of carbonyl (C=O) groups is 1. The van der Waals surface area contributed by atoms with Gasteiger partial charge in [-0.05, 0) is 31.5 Å². The van der Waals surface area contributed by atoms with E-state index >= 15 is 0 Å². The molecule has 0 radical (unpaired) electrons. The fraction of sp³-hybridized carbons (Fsp3) is 0.750. The molecule has 0 aliphatic carbocycles. The molecular weight excluding hydrogens is 171 g/mol. The van der Waals surface area contributed by atoms with E-state index in [0.717, 1.165) is 37.5 Å². The molecule has 0 saturated heterocycles. The first kappa shape index (κ1) is 11.6. The predicted molar refractivity (Wildman–Crippen MR) is 54.9 cm³/mol. The third-order valence-corrected chi connectivity index (χ3v) is 2.10. The Morgan fingerprint density at radius 3 is 2.83 bits per heavy atom. The minimum absolute atomic E-state index is 0.137. The molecule has 0 aliphatic heterocycles. The molecule has 0 aromatic heterocycles. The average molecular weight is 188 g/mol. The second-order valence-corrected chi connectivity index (χ2v) is 3.65. The molecule has 12 heavy (non-hydrogen) atoms. The summed E-state index contributed by atoms with van der Waals surface area (Å²) in [5, 5.41) is 3.69. The highest BCUT2D eigenvalue weighted by Crippen LogP contribution is 2.00. The van der Waals surface area contributed by atoms with Gasteiger partial charge in [-0.1, -0.05) is 0 Å². The summed E-state index contributed by atoms with van der Waals surface area (Å²) in [6.45, 7) is 2.71. The molecule has 0 aromatic rings. The highest BCUT2D eigenvalue weighted by atomic mass is 31.0. The predicted octanol–water partition coefficient (Wildman–Crippen LogP) is 0.565. The van der Waals surface area contributed by atoms with Crippen LogP contribution < -0.4 is 11.1 Å².